The van der Waals surface area contributed by atoms with Gasteiger partial charge in [0.05, 0.1) is 0 Å². The van der Waals surface area contributed by atoms with Crippen LogP contribution in [0.1, 0.15) is 37.3 Å². The molecular formula is C25H34N4O2. The number of nitrogens with zero attached hydrogens (tertiary/aromatic N) is 1. The molecule has 0 bridgehead atoms. The summed E-state index contributed by atoms with van der Waals surface area (Å²) in [6.45, 7) is 3.04. The molecule has 3 N–H and O–H groups in total. The zero-order chi connectivity index (χ0) is 21.9. The Morgan fingerprint density at radius 3 is 2.45 bits per heavy atom. The zero-order valence-electron chi connectivity index (χ0n) is 18.6. The first-order chi connectivity index (χ1) is 15.1. The third-order valence-corrected chi connectivity index (χ3v) is 5.26. The second-order valence-electron chi connectivity index (χ2n) is 8.09. The van der Waals surface area contributed by atoms with Gasteiger partial charge in [-0.2, -0.15) is 0 Å². The lowest BCUT2D eigenvalue weighted by molar-refractivity contribution is -0.123. The Morgan fingerprint density at radius 2 is 1.77 bits per heavy atom. The number of benzene rings is 2. The number of amides is 1. The molecule has 0 heterocycles. The minimum absolute atomic E-state index is 0.0485. The van der Waals surface area contributed by atoms with Crippen molar-refractivity contribution in [3.63, 3.8) is 0 Å². The van der Waals surface area contributed by atoms with Gasteiger partial charge in [-0.3, -0.25) is 9.79 Å². The van der Waals surface area contributed by atoms with E-state index in [1.807, 2.05) is 30.3 Å². The molecular weight excluding hydrogens is 388 g/mol. The first kappa shape index (κ1) is 22.7. The average Bonchev–Trinajstić information content (AvgIpc) is 3.61. The van der Waals surface area contributed by atoms with Crippen LogP contribution in [0, 0.1) is 0 Å². The Hall–Kier alpha value is -3.02. The fraction of sp³-hybridized carbons (Fsp3) is 0.440. The maximum absolute atomic E-state index is 11.7. The second kappa shape index (κ2) is 12.0. The van der Waals surface area contributed by atoms with Crippen LogP contribution in [0.5, 0.6) is 5.75 Å². The SMILES string of the molecule is CN=C(NCCc1ccc(OCC(=O)NC2CC2)cc1)NC(C)CCc1ccccc1. The number of hydrogen-bond acceptors (Lipinski definition) is 3. The van der Waals surface area contributed by atoms with Crippen LogP contribution in [0.2, 0.25) is 0 Å². The van der Waals surface area contributed by atoms with Crippen molar-refractivity contribution in [1.29, 1.82) is 0 Å². The van der Waals surface area contributed by atoms with Crippen molar-refractivity contribution in [2.45, 2.75) is 51.1 Å². The average molecular weight is 423 g/mol. The topological polar surface area (TPSA) is 74.8 Å². The van der Waals surface area contributed by atoms with E-state index in [4.69, 9.17) is 4.74 Å². The lowest BCUT2D eigenvalue weighted by Crippen LogP contribution is -2.43. The fourth-order valence-corrected chi connectivity index (χ4v) is 3.25. The molecule has 0 radical (unpaired) electrons. The van der Waals surface area contributed by atoms with E-state index >= 15 is 0 Å². The van der Waals surface area contributed by atoms with Gasteiger partial charge < -0.3 is 20.7 Å². The minimum Gasteiger partial charge on any atom is -0.484 e. The van der Waals surface area contributed by atoms with Crippen molar-refractivity contribution >= 4 is 11.9 Å². The summed E-state index contributed by atoms with van der Waals surface area (Å²) in [5, 5.41) is 9.76. The number of aliphatic imine (C=N–C) groups is 1. The van der Waals surface area contributed by atoms with Crippen molar-refractivity contribution in [3.8, 4) is 5.75 Å². The van der Waals surface area contributed by atoms with Gasteiger partial charge in [0, 0.05) is 25.7 Å². The Balaban J connectivity index is 1.32. The summed E-state index contributed by atoms with van der Waals surface area (Å²) in [5.41, 5.74) is 2.56. The molecule has 3 rings (SSSR count). The van der Waals surface area contributed by atoms with Gasteiger partial charge >= 0.3 is 0 Å². The molecule has 0 aromatic heterocycles. The monoisotopic (exact) mass is 422 g/mol. The van der Waals surface area contributed by atoms with Gasteiger partial charge in [0.25, 0.3) is 5.91 Å². The third kappa shape index (κ3) is 8.70. The van der Waals surface area contributed by atoms with Crippen LogP contribution in [-0.2, 0) is 17.6 Å². The molecule has 1 saturated carbocycles. The molecule has 0 spiro atoms. The molecule has 0 aliphatic heterocycles. The van der Waals surface area contributed by atoms with Gasteiger partial charge in [-0.05, 0) is 62.3 Å². The Morgan fingerprint density at radius 1 is 1.06 bits per heavy atom. The van der Waals surface area contributed by atoms with E-state index in [-0.39, 0.29) is 12.5 Å². The van der Waals surface area contributed by atoms with E-state index in [2.05, 4.69) is 52.1 Å². The van der Waals surface area contributed by atoms with Crippen LogP contribution in [0.3, 0.4) is 0 Å². The summed E-state index contributed by atoms with van der Waals surface area (Å²) in [6, 6.07) is 19.1. The predicted molar refractivity (Wildman–Crippen MR) is 126 cm³/mol. The van der Waals surface area contributed by atoms with Crippen molar-refractivity contribution in [2.75, 3.05) is 20.2 Å². The van der Waals surface area contributed by atoms with Gasteiger partial charge in [0.15, 0.2) is 12.6 Å². The van der Waals surface area contributed by atoms with E-state index in [0.717, 1.165) is 44.6 Å². The molecule has 1 fully saturated rings. The fourth-order valence-electron chi connectivity index (χ4n) is 3.25. The molecule has 1 aliphatic rings. The van der Waals surface area contributed by atoms with Gasteiger partial charge in [0.1, 0.15) is 5.75 Å². The number of aryl methyl sites for hydroxylation is 1. The van der Waals surface area contributed by atoms with E-state index < -0.39 is 0 Å². The van der Waals surface area contributed by atoms with Crippen molar-refractivity contribution < 1.29 is 9.53 Å². The van der Waals surface area contributed by atoms with E-state index in [1.54, 1.807) is 7.05 Å². The van der Waals surface area contributed by atoms with Crippen molar-refractivity contribution in [1.82, 2.24) is 16.0 Å². The van der Waals surface area contributed by atoms with Crippen molar-refractivity contribution in [3.05, 3.63) is 65.7 Å². The number of hydrogen-bond donors (Lipinski definition) is 3. The van der Waals surface area contributed by atoms with Gasteiger partial charge in [-0.1, -0.05) is 42.5 Å². The minimum atomic E-state index is -0.0485. The van der Waals surface area contributed by atoms with Crippen LogP contribution in [0.25, 0.3) is 0 Å². The molecule has 6 heteroatoms. The Bertz CT molecular complexity index is 832. The number of rotatable bonds is 11. The largest absolute Gasteiger partial charge is 0.484 e. The Labute approximate surface area is 185 Å². The molecule has 0 saturated heterocycles. The number of carbonyl (C=O) groups is 1. The highest BCUT2D eigenvalue weighted by atomic mass is 16.5. The molecule has 1 unspecified atom stereocenters. The van der Waals surface area contributed by atoms with Crippen LogP contribution in [0.4, 0.5) is 0 Å². The highest BCUT2D eigenvalue weighted by molar-refractivity contribution is 5.80. The lowest BCUT2D eigenvalue weighted by Gasteiger charge is -2.18. The van der Waals surface area contributed by atoms with E-state index in [9.17, 15) is 4.79 Å². The summed E-state index contributed by atoms with van der Waals surface area (Å²) < 4.78 is 5.55. The molecule has 31 heavy (non-hydrogen) atoms. The summed E-state index contributed by atoms with van der Waals surface area (Å²) in [5.74, 6) is 1.49. The summed E-state index contributed by atoms with van der Waals surface area (Å²) in [4.78, 5) is 16.0. The molecule has 6 nitrogen and oxygen atoms in total. The summed E-state index contributed by atoms with van der Waals surface area (Å²) in [7, 11) is 1.80. The summed E-state index contributed by atoms with van der Waals surface area (Å²) >= 11 is 0. The van der Waals surface area contributed by atoms with Crippen LogP contribution in [-0.4, -0.2) is 44.1 Å². The normalized spacial score (nSPS) is 14.6. The molecule has 2 aromatic rings. The smallest absolute Gasteiger partial charge is 0.258 e. The number of nitrogens with one attached hydrogen (secondary N) is 3. The van der Waals surface area contributed by atoms with Gasteiger partial charge in [-0.25, -0.2) is 0 Å². The summed E-state index contributed by atoms with van der Waals surface area (Å²) in [6.07, 6.45) is 5.14. The van der Waals surface area contributed by atoms with Crippen LogP contribution < -0.4 is 20.7 Å². The van der Waals surface area contributed by atoms with Gasteiger partial charge in [-0.15, -0.1) is 0 Å². The second-order valence-corrected chi connectivity index (χ2v) is 8.09. The zero-order valence-corrected chi connectivity index (χ0v) is 18.6. The first-order valence-electron chi connectivity index (χ1n) is 11.1. The van der Waals surface area contributed by atoms with E-state index in [1.165, 1.54) is 11.1 Å². The quantitative estimate of drug-likeness (QED) is 0.384. The molecule has 1 amide bonds. The Kier molecular flexibility index (Phi) is 8.76. The number of guanidine groups is 1. The standard InChI is InChI=1S/C25H34N4O2/c1-19(8-9-20-6-4-3-5-7-20)28-25(26-2)27-17-16-21-10-14-23(15-11-21)31-18-24(30)29-22-12-13-22/h3-7,10-11,14-15,19,22H,8-9,12-13,16-18H2,1-2H3,(H,29,30)(H2,26,27,28). The third-order valence-electron chi connectivity index (χ3n) is 5.26. The molecule has 1 atom stereocenters. The first-order valence-corrected chi connectivity index (χ1v) is 11.1. The molecule has 2 aromatic carbocycles. The van der Waals surface area contributed by atoms with Crippen LogP contribution >= 0.6 is 0 Å². The number of ether oxygens (including phenoxy) is 1. The highest BCUT2D eigenvalue weighted by Gasteiger charge is 2.23. The lowest BCUT2D eigenvalue weighted by atomic mass is 10.1. The number of carbonyl (C=O) groups excluding carboxylic acids is 1. The van der Waals surface area contributed by atoms with Gasteiger partial charge in [0.2, 0.25) is 0 Å². The maximum Gasteiger partial charge on any atom is 0.258 e. The van der Waals surface area contributed by atoms with Crippen molar-refractivity contribution in [2.24, 2.45) is 4.99 Å². The molecule has 166 valence electrons. The maximum atomic E-state index is 11.7. The molecule has 1 aliphatic carbocycles. The highest BCUT2D eigenvalue weighted by Crippen LogP contribution is 2.18. The predicted octanol–water partition coefficient (Wildman–Crippen LogP) is 3.07. The van der Waals surface area contributed by atoms with E-state index in [0.29, 0.717) is 17.8 Å². The van der Waals surface area contributed by atoms with Crippen LogP contribution in [0.15, 0.2) is 59.6 Å².